The summed E-state index contributed by atoms with van der Waals surface area (Å²) in [6.45, 7) is 3.58. The number of nitrogens with two attached hydrogens (primary N) is 1. The fourth-order valence-electron chi connectivity index (χ4n) is 1.80. The molecule has 0 aliphatic carbocycles. The molecule has 0 atom stereocenters. The molecule has 0 bridgehead atoms. The molecule has 0 unspecified atom stereocenters. The first-order valence-electron chi connectivity index (χ1n) is 4.74. The molecule has 0 saturated carbocycles. The lowest BCUT2D eigenvalue weighted by Gasteiger charge is -2.01. The van der Waals surface area contributed by atoms with Gasteiger partial charge < -0.3 is 10.3 Å². The predicted molar refractivity (Wildman–Crippen MR) is 60.5 cm³/mol. The van der Waals surface area contributed by atoms with Gasteiger partial charge in [0.25, 0.3) is 0 Å². The van der Waals surface area contributed by atoms with Crippen molar-refractivity contribution >= 4 is 22.5 Å². The Bertz CT molecular complexity index is 460. The Morgan fingerprint density at radius 3 is 2.86 bits per heavy atom. The summed E-state index contributed by atoms with van der Waals surface area (Å²) in [5, 5.41) is 1.96. The SMILES string of the molecule is CCn1cc(CN)c2cccc(Cl)c21. The van der Waals surface area contributed by atoms with Crippen LogP contribution in [-0.2, 0) is 13.1 Å². The average Bonchev–Trinajstić information content (AvgIpc) is 2.57. The van der Waals surface area contributed by atoms with Crippen molar-refractivity contribution in [2.75, 3.05) is 0 Å². The van der Waals surface area contributed by atoms with Gasteiger partial charge in [0.15, 0.2) is 0 Å². The van der Waals surface area contributed by atoms with E-state index >= 15 is 0 Å². The summed E-state index contributed by atoms with van der Waals surface area (Å²) in [5.74, 6) is 0. The van der Waals surface area contributed by atoms with Gasteiger partial charge in [-0.2, -0.15) is 0 Å². The molecule has 0 aliphatic heterocycles. The van der Waals surface area contributed by atoms with Gasteiger partial charge in [-0.25, -0.2) is 0 Å². The number of hydrogen-bond acceptors (Lipinski definition) is 1. The van der Waals surface area contributed by atoms with E-state index in [9.17, 15) is 0 Å². The van der Waals surface area contributed by atoms with Crippen LogP contribution in [0.5, 0.6) is 0 Å². The molecule has 3 heteroatoms. The summed E-state index contributed by atoms with van der Waals surface area (Å²) >= 11 is 6.15. The van der Waals surface area contributed by atoms with Gasteiger partial charge in [0.1, 0.15) is 0 Å². The van der Waals surface area contributed by atoms with E-state index in [1.165, 1.54) is 5.39 Å². The van der Waals surface area contributed by atoms with Crippen LogP contribution in [0.1, 0.15) is 12.5 Å². The van der Waals surface area contributed by atoms with Gasteiger partial charge in [0.2, 0.25) is 0 Å². The standard InChI is InChI=1S/C11H13ClN2/c1-2-14-7-8(6-13)9-4-3-5-10(12)11(9)14/h3-5,7H,2,6,13H2,1H3. The first-order valence-corrected chi connectivity index (χ1v) is 5.12. The highest BCUT2D eigenvalue weighted by Gasteiger charge is 2.08. The summed E-state index contributed by atoms with van der Waals surface area (Å²) in [7, 11) is 0. The Morgan fingerprint density at radius 2 is 2.21 bits per heavy atom. The number of nitrogens with zero attached hydrogens (tertiary/aromatic N) is 1. The molecule has 2 nitrogen and oxygen atoms in total. The number of aromatic nitrogens is 1. The first kappa shape index (κ1) is 9.56. The lowest BCUT2D eigenvalue weighted by Crippen LogP contribution is -1.95. The zero-order valence-electron chi connectivity index (χ0n) is 8.13. The van der Waals surface area contributed by atoms with Crippen LogP contribution >= 0.6 is 11.6 Å². The quantitative estimate of drug-likeness (QED) is 0.809. The molecule has 0 saturated heterocycles. The highest BCUT2D eigenvalue weighted by molar-refractivity contribution is 6.35. The Hall–Kier alpha value is -0.990. The fourth-order valence-corrected chi connectivity index (χ4v) is 2.08. The van der Waals surface area contributed by atoms with Crippen molar-refractivity contribution in [2.24, 2.45) is 5.73 Å². The Labute approximate surface area is 88.3 Å². The van der Waals surface area contributed by atoms with E-state index in [4.69, 9.17) is 17.3 Å². The van der Waals surface area contributed by atoms with E-state index in [2.05, 4.69) is 23.8 Å². The van der Waals surface area contributed by atoms with Crippen molar-refractivity contribution in [1.82, 2.24) is 4.57 Å². The number of rotatable bonds is 2. The van der Waals surface area contributed by atoms with Crippen molar-refractivity contribution in [3.63, 3.8) is 0 Å². The van der Waals surface area contributed by atoms with Crippen molar-refractivity contribution < 1.29 is 0 Å². The number of aryl methyl sites for hydroxylation is 1. The van der Waals surface area contributed by atoms with Crippen LogP contribution in [-0.4, -0.2) is 4.57 Å². The van der Waals surface area contributed by atoms with E-state index in [1.807, 2.05) is 12.1 Å². The summed E-state index contributed by atoms with van der Waals surface area (Å²) in [6, 6.07) is 5.94. The molecular weight excluding hydrogens is 196 g/mol. The van der Waals surface area contributed by atoms with Gasteiger partial charge in [-0.3, -0.25) is 0 Å². The minimum absolute atomic E-state index is 0.559. The second-order valence-corrected chi connectivity index (χ2v) is 3.69. The van der Waals surface area contributed by atoms with Crippen LogP contribution in [0.3, 0.4) is 0 Å². The highest BCUT2D eigenvalue weighted by atomic mass is 35.5. The number of hydrogen-bond donors (Lipinski definition) is 1. The molecule has 1 aromatic heterocycles. The molecule has 14 heavy (non-hydrogen) atoms. The topological polar surface area (TPSA) is 30.9 Å². The van der Waals surface area contributed by atoms with E-state index in [1.54, 1.807) is 0 Å². The zero-order valence-corrected chi connectivity index (χ0v) is 8.88. The third-order valence-electron chi connectivity index (χ3n) is 2.49. The van der Waals surface area contributed by atoms with Crippen LogP contribution in [0.4, 0.5) is 0 Å². The van der Waals surface area contributed by atoms with Gasteiger partial charge >= 0.3 is 0 Å². The lowest BCUT2D eigenvalue weighted by atomic mass is 10.2. The average molecular weight is 209 g/mol. The third-order valence-corrected chi connectivity index (χ3v) is 2.80. The van der Waals surface area contributed by atoms with Gasteiger partial charge in [0, 0.05) is 24.7 Å². The summed E-state index contributed by atoms with van der Waals surface area (Å²) < 4.78 is 2.14. The number of fused-ring (bicyclic) bond motifs is 1. The van der Waals surface area contributed by atoms with Crippen molar-refractivity contribution in [3.05, 3.63) is 35.0 Å². The summed E-state index contributed by atoms with van der Waals surface area (Å²) in [5.41, 5.74) is 7.93. The number of halogens is 1. The summed E-state index contributed by atoms with van der Waals surface area (Å²) in [4.78, 5) is 0. The molecule has 0 fully saturated rings. The molecule has 0 spiro atoms. The maximum atomic E-state index is 6.15. The largest absolute Gasteiger partial charge is 0.346 e. The third kappa shape index (κ3) is 1.31. The minimum atomic E-state index is 0.559. The first-order chi connectivity index (χ1) is 6.77. The Kier molecular flexibility index (Phi) is 2.48. The Morgan fingerprint density at radius 1 is 1.43 bits per heavy atom. The summed E-state index contributed by atoms with van der Waals surface area (Å²) in [6.07, 6.45) is 2.08. The van der Waals surface area contributed by atoms with Crippen molar-refractivity contribution in [2.45, 2.75) is 20.0 Å². The molecule has 1 heterocycles. The molecular formula is C11H13ClN2. The van der Waals surface area contributed by atoms with Crippen molar-refractivity contribution in [1.29, 1.82) is 0 Å². The molecule has 2 rings (SSSR count). The number of benzene rings is 1. The maximum Gasteiger partial charge on any atom is 0.0672 e. The van der Waals surface area contributed by atoms with Gasteiger partial charge in [-0.1, -0.05) is 23.7 Å². The van der Waals surface area contributed by atoms with Crippen molar-refractivity contribution in [3.8, 4) is 0 Å². The lowest BCUT2D eigenvalue weighted by molar-refractivity contribution is 0.792. The normalized spacial score (nSPS) is 11.1. The van der Waals surface area contributed by atoms with Crippen LogP contribution < -0.4 is 5.73 Å². The van der Waals surface area contributed by atoms with Gasteiger partial charge in [0.05, 0.1) is 10.5 Å². The van der Waals surface area contributed by atoms with Crippen LogP contribution in [0.2, 0.25) is 5.02 Å². The molecule has 0 radical (unpaired) electrons. The second-order valence-electron chi connectivity index (χ2n) is 3.28. The molecule has 0 amide bonds. The smallest absolute Gasteiger partial charge is 0.0672 e. The van der Waals surface area contributed by atoms with Crippen LogP contribution in [0.25, 0.3) is 10.9 Å². The van der Waals surface area contributed by atoms with E-state index < -0.39 is 0 Å². The number of para-hydroxylation sites is 1. The maximum absolute atomic E-state index is 6.15. The molecule has 2 N–H and O–H groups in total. The monoisotopic (exact) mass is 208 g/mol. The van der Waals surface area contributed by atoms with E-state index in [-0.39, 0.29) is 0 Å². The van der Waals surface area contributed by atoms with Crippen LogP contribution in [0, 0.1) is 0 Å². The minimum Gasteiger partial charge on any atom is -0.346 e. The molecule has 0 aliphatic rings. The van der Waals surface area contributed by atoms with Gasteiger partial charge in [-0.05, 0) is 18.6 Å². The highest BCUT2D eigenvalue weighted by Crippen LogP contribution is 2.27. The molecule has 74 valence electrons. The van der Waals surface area contributed by atoms with E-state index in [0.717, 1.165) is 22.6 Å². The predicted octanol–water partition coefficient (Wildman–Crippen LogP) is 2.77. The zero-order chi connectivity index (χ0) is 10.1. The molecule has 2 aromatic rings. The second kappa shape index (κ2) is 3.64. The van der Waals surface area contributed by atoms with Gasteiger partial charge in [-0.15, -0.1) is 0 Å². The Balaban J connectivity index is 2.82. The fraction of sp³-hybridized carbons (Fsp3) is 0.273. The van der Waals surface area contributed by atoms with E-state index in [0.29, 0.717) is 6.54 Å². The molecule has 1 aromatic carbocycles. The van der Waals surface area contributed by atoms with Crippen LogP contribution in [0.15, 0.2) is 24.4 Å².